The fourth-order valence-corrected chi connectivity index (χ4v) is 4.73. The molecule has 1 aromatic carbocycles. The quantitative estimate of drug-likeness (QED) is 0.769. The van der Waals surface area contributed by atoms with Gasteiger partial charge in [0.05, 0.1) is 5.60 Å². The van der Waals surface area contributed by atoms with Crippen molar-refractivity contribution in [1.29, 1.82) is 0 Å². The topological polar surface area (TPSA) is 49.7 Å². The molecule has 3 heteroatoms. The fraction of sp³-hybridized carbons (Fsp3) is 0.714. The molecule has 3 rings (SSSR count). The number of hydrogen-bond acceptors (Lipinski definition) is 3. The first-order valence-electron chi connectivity index (χ1n) is 9.51. The van der Waals surface area contributed by atoms with Crippen LogP contribution < -0.4 is 4.74 Å². The lowest BCUT2D eigenvalue weighted by Gasteiger charge is -2.50. The van der Waals surface area contributed by atoms with Crippen LogP contribution in [0.2, 0.25) is 0 Å². The molecular formula is C21H32O3. The summed E-state index contributed by atoms with van der Waals surface area (Å²) >= 11 is 0. The van der Waals surface area contributed by atoms with Crippen molar-refractivity contribution < 1.29 is 14.9 Å². The van der Waals surface area contributed by atoms with E-state index in [0.29, 0.717) is 18.1 Å². The van der Waals surface area contributed by atoms with E-state index in [0.717, 1.165) is 42.6 Å². The first kappa shape index (κ1) is 17.6. The van der Waals surface area contributed by atoms with Gasteiger partial charge in [-0.15, -0.1) is 0 Å². The van der Waals surface area contributed by atoms with E-state index in [1.165, 1.54) is 12.8 Å². The zero-order chi connectivity index (χ0) is 17.5. The van der Waals surface area contributed by atoms with Crippen LogP contribution in [-0.2, 0) is 6.42 Å². The van der Waals surface area contributed by atoms with E-state index >= 15 is 0 Å². The summed E-state index contributed by atoms with van der Waals surface area (Å²) in [6.45, 7) is 8.41. The zero-order valence-electron chi connectivity index (χ0n) is 15.6. The Hall–Kier alpha value is -1.22. The van der Waals surface area contributed by atoms with Crippen molar-refractivity contribution in [1.82, 2.24) is 0 Å². The van der Waals surface area contributed by atoms with Crippen LogP contribution in [0.3, 0.4) is 0 Å². The average molecular weight is 332 g/mol. The van der Waals surface area contributed by atoms with E-state index < -0.39 is 5.60 Å². The Balaban J connectivity index is 1.96. The summed E-state index contributed by atoms with van der Waals surface area (Å²) in [4.78, 5) is 0. The Bertz CT molecular complexity index is 603. The highest BCUT2D eigenvalue weighted by atomic mass is 16.5. The lowest BCUT2D eigenvalue weighted by Crippen LogP contribution is -2.49. The molecule has 0 amide bonds. The van der Waals surface area contributed by atoms with Gasteiger partial charge in [0, 0.05) is 17.4 Å². The average Bonchev–Trinajstić information content (AvgIpc) is 2.44. The number of hydrogen-bond donors (Lipinski definition) is 2. The van der Waals surface area contributed by atoms with Gasteiger partial charge in [0.15, 0.2) is 0 Å². The van der Waals surface area contributed by atoms with Crippen molar-refractivity contribution in [3.05, 3.63) is 23.3 Å². The Kier molecular flexibility index (Phi) is 4.59. The Labute approximate surface area is 146 Å². The van der Waals surface area contributed by atoms with Crippen LogP contribution in [0.5, 0.6) is 11.5 Å². The number of aromatic hydroxyl groups is 1. The van der Waals surface area contributed by atoms with Crippen LogP contribution in [0, 0.1) is 5.92 Å². The normalized spacial score (nSPS) is 31.0. The van der Waals surface area contributed by atoms with Crippen LogP contribution in [0.1, 0.15) is 83.3 Å². The molecule has 1 saturated carbocycles. The van der Waals surface area contributed by atoms with Gasteiger partial charge in [-0.3, -0.25) is 0 Å². The second-order valence-electron chi connectivity index (χ2n) is 8.64. The Morgan fingerprint density at radius 2 is 1.96 bits per heavy atom. The number of rotatable bonds is 4. The lowest BCUT2D eigenvalue weighted by molar-refractivity contribution is -0.0659. The monoisotopic (exact) mass is 332 g/mol. The molecule has 1 aromatic rings. The predicted molar refractivity (Wildman–Crippen MR) is 96.7 cm³/mol. The maximum Gasteiger partial charge on any atom is 0.127 e. The van der Waals surface area contributed by atoms with Gasteiger partial charge in [-0.25, -0.2) is 0 Å². The highest BCUT2D eigenvalue weighted by Crippen LogP contribution is 2.56. The number of benzene rings is 1. The number of aliphatic hydroxyl groups is 1. The minimum atomic E-state index is -0.655. The summed E-state index contributed by atoms with van der Waals surface area (Å²) < 4.78 is 6.34. The molecule has 1 aliphatic heterocycles. The first-order valence-corrected chi connectivity index (χ1v) is 9.51. The molecule has 3 nitrogen and oxygen atoms in total. The maximum absolute atomic E-state index is 10.7. The largest absolute Gasteiger partial charge is 0.508 e. The molecule has 0 spiro atoms. The third-order valence-electron chi connectivity index (χ3n) is 6.03. The molecule has 1 aliphatic carbocycles. The Morgan fingerprint density at radius 3 is 2.67 bits per heavy atom. The van der Waals surface area contributed by atoms with Crippen LogP contribution in [0.15, 0.2) is 12.1 Å². The number of phenolic OH excluding ortho intramolecular Hbond substituents is 1. The molecule has 1 fully saturated rings. The van der Waals surface area contributed by atoms with Crippen molar-refractivity contribution >= 4 is 0 Å². The summed E-state index contributed by atoms with van der Waals surface area (Å²) in [5.41, 5.74) is 1.15. The molecule has 1 unspecified atom stereocenters. The second kappa shape index (κ2) is 6.25. The minimum Gasteiger partial charge on any atom is -0.508 e. The molecule has 0 saturated heterocycles. The Morgan fingerprint density at radius 1 is 1.21 bits per heavy atom. The molecule has 3 atom stereocenters. The summed E-state index contributed by atoms with van der Waals surface area (Å²) in [6, 6.07) is 4.03. The smallest absolute Gasteiger partial charge is 0.127 e. The lowest BCUT2D eigenvalue weighted by atomic mass is 9.63. The van der Waals surface area contributed by atoms with Crippen LogP contribution >= 0.6 is 0 Å². The fourth-order valence-electron chi connectivity index (χ4n) is 4.73. The first-order chi connectivity index (χ1) is 11.2. The van der Waals surface area contributed by atoms with Gasteiger partial charge in [0.2, 0.25) is 0 Å². The van der Waals surface area contributed by atoms with Crippen LogP contribution in [0.4, 0.5) is 0 Å². The molecule has 0 radical (unpaired) electrons. The van der Waals surface area contributed by atoms with Crippen molar-refractivity contribution in [2.45, 2.75) is 89.8 Å². The standard InChI is InChI=1S/C21H32O3/c1-5-6-7-8-14-11-17(22)19-15-13-21(4,23)10-9-16(15)20(2,3)24-18(19)12-14/h11-12,15-16,22-23H,5-10,13H2,1-4H3/t15?,16-,21+/m1/s1. The summed E-state index contributed by atoms with van der Waals surface area (Å²) in [7, 11) is 0. The van der Waals surface area contributed by atoms with Gasteiger partial charge in [-0.05, 0) is 70.6 Å². The van der Waals surface area contributed by atoms with E-state index in [2.05, 4.69) is 26.8 Å². The van der Waals surface area contributed by atoms with Gasteiger partial charge in [-0.1, -0.05) is 19.8 Å². The van der Waals surface area contributed by atoms with Crippen molar-refractivity contribution in [2.24, 2.45) is 5.92 Å². The van der Waals surface area contributed by atoms with Crippen LogP contribution in [-0.4, -0.2) is 21.4 Å². The summed E-state index contributed by atoms with van der Waals surface area (Å²) in [5.74, 6) is 1.67. The highest BCUT2D eigenvalue weighted by Gasteiger charge is 2.49. The third kappa shape index (κ3) is 3.28. The SMILES string of the molecule is CCCCCc1cc(O)c2c(c1)OC(C)(C)[C@@H]1CC[C@](C)(O)CC21. The highest BCUT2D eigenvalue weighted by molar-refractivity contribution is 5.52. The molecule has 0 aromatic heterocycles. The van der Waals surface area contributed by atoms with Gasteiger partial charge in [0.25, 0.3) is 0 Å². The molecule has 2 aliphatic rings. The molecular weight excluding hydrogens is 300 g/mol. The number of phenols is 1. The van der Waals surface area contributed by atoms with E-state index in [-0.39, 0.29) is 11.5 Å². The molecule has 0 bridgehead atoms. The van der Waals surface area contributed by atoms with E-state index in [4.69, 9.17) is 4.74 Å². The van der Waals surface area contributed by atoms with Crippen LogP contribution in [0.25, 0.3) is 0 Å². The molecule has 1 heterocycles. The van der Waals surface area contributed by atoms with Crippen molar-refractivity contribution in [2.75, 3.05) is 0 Å². The minimum absolute atomic E-state index is 0.164. The maximum atomic E-state index is 10.7. The van der Waals surface area contributed by atoms with E-state index in [9.17, 15) is 10.2 Å². The zero-order valence-corrected chi connectivity index (χ0v) is 15.6. The number of fused-ring (bicyclic) bond motifs is 3. The molecule has 134 valence electrons. The molecule has 24 heavy (non-hydrogen) atoms. The van der Waals surface area contributed by atoms with E-state index in [1.54, 1.807) is 0 Å². The van der Waals surface area contributed by atoms with Gasteiger partial charge >= 0.3 is 0 Å². The van der Waals surface area contributed by atoms with Crippen molar-refractivity contribution in [3.8, 4) is 11.5 Å². The molecule has 2 N–H and O–H groups in total. The summed E-state index contributed by atoms with van der Waals surface area (Å²) in [5, 5.41) is 21.3. The predicted octanol–water partition coefficient (Wildman–Crippen LogP) is 4.93. The number of unbranched alkanes of at least 4 members (excludes halogenated alkanes) is 2. The van der Waals surface area contributed by atoms with E-state index in [1.807, 2.05) is 13.0 Å². The van der Waals surface area contributed by atoms with Gasteiger partial charge < -0.3 is 14.9 Å². The third-order valence-corrected chi connectivity index (χ3v) is 6.03. The van der Waals surface area contributed by atoms with Gasteiger partial charge in [-0.2, -0.15) is 0 Å². The number of ether oxygens (including phenoxy) is 1. The number of aryl methyl sites for hydroxylation is 1. The van der Waals surface area contributed by atoms with Gasteiger partial charge in [0.1, 0.15) is 17.1 Å². The second-order valence-corrected chi connectivity index (χ2v) is 8.64. The summed E-state index contributed by atoms with van der Waals surface area (Å²) in [6.07, 6.45) is 6.94. The van der Waals surface area contributed by atoms with Crippen molar-refractivity contribution in [3.63, 3.8) is 0 Å².